The number of carbonyl (C=O) groups is 1. The summed E-state index contributed by atoms with van der Waals surface area (Å²) in [5.41, 5.74) is 5.10. The van der Waals surface area contributed by atoms with Crippen molar-refractivity contribution in [3.63, 3.8) is 0 Å². The maximum absolute atomic E-state index is 10.7. The molecule has 0 atom stereocenters. The second-order valence-corrected chi connectivity index (χ2v) is 3.91. The van der Waals surface area contributed by atoms with Gasteiger partial charge in [-0.05, 0) is 12.8 Å². The van der Waals surface area contributed by atoms with E-state index in [0.29, 0.717) is 19.0 Å². The summed E-state index contributed by atoms with van der Waals surface area (Å²) in [7, 11) is 0. The van der Waals surface area contributed by atoms with E-state index >= 15 is 0 Å². The molecule has 1 aliphatic rings. The van der Waals surface area contributed by atoms with Gasteiger partial charge in [-0.25, -0.2) is 4.98 Å². The minimum atomic E-state index is -0.273. The van der Waals surface area contributed by atoms with Crippen LogP contribution in [0.1, 0.15) is 25.1 Å². The largest absolute Gasteiger partial charge is 0.370 e. The van der Waals surface area contributed by atoms with E-state index in [1.807, 2.05) is 10.8 Å². The molecule has 1 heterocycles. The van der Waals surface area contributed by atoms with Crippen LogP contribution in [0, 0.1) is 0 Å². The summed E-state index contributed by atoms with van der Waals surface area (Å²) in [6.45, 7) is 1.40. The predicted molar refractivity (Wildman–Crippen MR) is 55.9 cm³/mol. The van der Waals surface area contributed by atoms with Crippen LogP contribution in [0.4, 0.5) is 0 Å². The molecule has 0 unspecified atom stereocenters. The topological polar surface area (TPSA) is 72.9 Å². The Morgan fingerprint density at radius 1 is 1.67 bits per heavy atom. The Kier molecular flexibility index (Phi) is 3.01. The fraction of sp³-hybridized carbons (Fsp3) is 0.600. The van der Waals surface area contributed by atoms with Crippen molar-refractivity contribution >= 4 is 5.91 Å². The van der Waals surface area contributed by atoms with Crippen LogP contribution in [0.2, 0.25) is 0 Å². The second kappa shape index (κ2) is 4.44. The first-order valence-corrected chi connectivity index (χ1v) is 5.27. The van der Waals surface area contributed by atoms with E-state index in [2.05, 4.69) is 10.3 Å². The first-order valence-electron chi connectivity index (χ1n) is 5.27. The van der Waals surface area contributed by atoms with E-state index in [1.165, 1.54) is 12.8 Å². The fourth-order valence-corrected chi connectivity index (χ4v) is 1.46. The number of aryl methyl sites for hydroxylation is 1. The van der Waals surface area contributed by atoms with Gasteiger partial charge in [-0.1, -0.05) is 0 Å². The summed E-state index contributed by atoms with van der Waals surface area (Å²) in [4.78, 5) is 14.9. The minimum absolute atomic E-state index is 0.273. The van der Waals surface area contributed by atoms with Crippen molar-refractivity contribution in [1.29, 1.82) is 0 Å². The molecule has 0 saturated heterocycles. The van der Waals surface area contributed by atoms with Crippen LogP contribution < -0.4 is 11.1 Å². The molecule has 1 aliphatic carbocycles. The van der Waals surface area contributed by atoms with E-state index in [4.69, 9.17) is 5.73 Å². The van der Waals surface area contributed by atoms with Crippen molar-refractivity contribution < 1.29 is 4.79 Å². The number of primary amides is 1. The van der Waals surface area contributed by atoms with Crippen molar-refractivity contribution in [3.8, 4) is 0 Å². The van der Waals surface area contributed by atoms with Crippen molar-refractivity contribution in [2.45, 2.75) is 38.4 Å². The number of amides is 1. The summed E-state index contributed by atoms with van der Waals surface area (Å²) < 4.78 is 1.97. The molecule has 1 amide bonds. The first-order chi connectivity index (χ1) is 7.25. The number of nitrogens with one attached hydrogen (secondary N) is 1. The Balaban J connectivity index is 1.85. The van der Waals surface area contributed by atoms with Gasteiger partial charge >= 0.3 is 0 Å². The molecule has 15 heavy (non-hydrogen) atoms. The maximum Gasteiger partial charge on any atom is 0.219 e. The smallest absolute Gasteiger partial charge is 0.219 e. The average molecular weight is 208 g/mol. The van der Waals surface area contributed by atoms with Crippen LogP contribution in [0.15, 0.2) is 12.4 Å². The molecule has 1 saturated carbocycles. The highest BCUT2D eigenvalue weighted by atomic mass is 16.1. The van der Waals surface area contributed by atoms with Crippen LogP contribution >= 0.6 is 0 Å². The molecule has 0 aromatic carbocycles. The molecule has 0 aliphatic heterocycles. The third-order valence-corrected chi connectivity index (χ3v) is 2.53. The number of nitrogens with two attached hydrogens (primary N) is 1. The zero-order chi connectivity index (χ0) is 10.7. The van der Waals surface area contributed by atoms with Crippen molar-refractivity contribution in [3.05, 3.63) is 18.2 Å². The number of nitrogens with zero attached hydrogens (tertiary/aromatic N) is 2. The summed E-state index contributed by atoms with van der Waals surface area (Å²) in [6, 6.07) is 0.672. The molecule has 0 spiro atoms. The Morgan fingerprint density at radius 2 is 2.47 bits per heavy atom. The molecule has 2 rings (SSSR count). The van der Waals surface area contributed by atoms with Gasteiger partial charge in [0.1, 0.15) is 5.82 Å². The van der Waals surface area contributed by atoms with Gasteiger partial charge in [0.05, 0.1) is 6.54 Å². The Bertz CT molecular complexity index is 343. The molecule has 3 N–H and O–H groups in total. The average Bonchev–Trinajstić information content (AvgIpc) is 2.92. The monoisotopic (exact) mass is 208 g/mol. The third kappa shape index (κ3) is 3.06. The van der Waals surface area contributed by atoms with Gasteiger partial charge in [-0.3, -0.25) is 4.79 Å². The molecule has 1 fully saturated rings. The second-order valence-electron chi connectivity index (χ2n) is 3.91. The zero-order valence-electron chi connectivity index (χ0n) is 8.65. The lowest BCUT2D eigenvalue weighted by Gasteiger charge is -2.06. The number of carbonyl (C=O) groups excluding carboxylic acids is 1. The number of imidazole rings is 1. The molecule has 5 nitrogen and oxygen atoms in total. The van der Waals surface area contributed by atoms with Crippen LogP contribution in [-0.2, 0) is 17.9 Å². The number of hydrogen-bond donors (Lipinski definition) is 2. The molecule has 82 valence electrons. The predicted octanol–water partition coefficient (Wildman–Crippen LogP) is 0.0105. The van der Waals surface area contributed by atoms with Crippen molar-refractivity contribution in [2.75, 3.05) is 0 Å². The molecule has 0 bridgehead atoms. The first kappa shape index (κ1) is 10.2. The SMILES string of the molecule is NC(=O)CCn1ccnc1CNC1CC1. The Hall–Kier alpha value is -1.36. The van der Waals surface area contributed by atoms with Gasteiger partial charge in [-0.15, -0.1) is 0 Å². The number of hydrogen-bond acceptors (Lipinski definition) is 3. The lowest BCUT2D eigenvalue weighted by Crippen LogP contribution is -2.20. The normalized spacial score (nSPS) is 15.5. The van der Waals surface area contributed by atoms with E-state index in [9.17, 15) is 4.79 Å². The maximum atomic E-state index is 10.7. The van der Waals surface area contributed by atoms with Gasteiger partial charge in [0.15, 0.2) is 0 Å². The van der Waals surface area contributed by atoms with Gasteiger partial charge in [-0.2, -0.15) is 0 Å². The lowest BCUT2D eigenvalue weighted by atomic mass is 10.4. The van der Waals surface area contributed by atoms with Gasteiger partial charge in [0.2, 0.25) is 5.91 Å². The number of aromatic nitrogens is 2. The van der Waals surface area contributed by atoms with Gasteiger partial charge < -0.3 is 15.6 Å². The quantitative estimate of drug-likeness (QED) is 0.691. The Labute approximate surface area is 88.7 Å². The van der Waals surface area contributed by atoms with Gasteiger partial charge in [0.25, 0.3) is 0 Å². The zero-order valence-corrected chi connectivity index (χ0v) is 8.65. The Morgan fingerprint density at radius 3 is 3.13 bits per heavy atom. The fourth-order valence-electron chi connectivity index (χ4n) is 1.46. The molecule has 0 radical (unpaired) electrons. The van der Waals surface area contributed by atoms with Crippen molar-refractivity contribution in [2.24, 2.45) is 5.73 Å². The van der Waals surface area contributed by atoms with E-state index in [0.717, 1.165) is 12.4 Å². The molecular weight excluding hydrogens is 192 g/mol. The van der Waals surface area contributed by atoms with Crippen molar-refractivity contribution in [1.82, 2.24) is 14.9 Å². The highest BCUT2D eigenvalue weighted by Crippen LogP contribution is 2.19. The van der Waals surface area contributed by atoms with E-state index < -0.39 is 0 Å². The van der Waals surface area contributed by atoms with E-state index in [-0.39, 0.29) is 5.91 Å². The van der Waals surface area contributed by atoms with Crippen LogP contribution in [0.3, 0.4) is 0 Å². The molecular formula is C10H16N4O. The third-order valence-electron chi connectivity index (χ3n) is 2.53. The molecule has 5 heteroatoms. The highest BCUT2D eigenvalue weighted by molar-refractivity contribution is 5.73. The van der Waals surface area contributed by atoms with Crippen LogP contribution in [0.5, 0.6) is 0 Å². The summed E-state index contributed by atoms with van der Waals surface area (Å²) in [5.74, 6) is 0.702. The summed E-state index contributed by atoms with van der Waals surface area (Å²) >= 11 is 0. The van der Waals surface area contributed by atoms with Crippen LogP contribution in [0.25, 0.3) is 0 Å². The standard InChI is InChI=1S/C10H16N4O/c11-9(15)3-5-14-6-4-12-10(14)7-13-8-1-2-8/h4,6,8,13H,1-3,5,7H2,(H2,11,15). The minimum Gasteiger partial charge on any atom is -0.370 e. The number of rotatable bonds is 6. The van der Waals surface area contributed by atoms with Gasteiger partial charge in [0, 0.05) is 31.4 Å². The molecule has 1 aromatic heterocycles. The highest BCUT2D eigenvalue weighted by Gasteiger charge is 2.20. The van der Waals surface area contributed by atoms with Crippen LogP contribution in [-0.4, -0.2) is 21.5 Å². The van der Waals surface area contributed by atoms with E-state index in [1.54, 1.807) is 6.20 Å². The lowest BCUT2D eigenvalue weighted by molar-refractivity contribution is -0.118. The summed E-state index contributed by atoms with van der Waals surface area (Å²) in [6.07, 6.45) is 6.54. The molecule has 1 aromatic rings. The summed E-state index contributed by atoms with van der Waals surface area (Å²) in [5, 5.41) is 3.39.